The molecule has 3 nitrogen and oxygen atoms in total. The summed E-state index contributed by atoms with van der Waals surface area (Å²) in [5.41, 5.74) is 3.24. The van der Waals surface area contributed by atoms with Gasteiger partial charge >= 0.3 is 0 Å². The lowest BCUT2D eigenvalue weighted by molar-refractivity contribution is 0.581. The standard InChI is InChI=1S/C18H17BrN2O/c1-18(2,3)13-10-8-12(9-11-13)16-20-21-17(22-16)14-6-4-5-7-15(14)19/h4-11H,1-3H3. The topological polar surface area (TPSA) is 38.9 Å². The third-order valence-corrected chi connectivity index (χ3v) is 4.22. The number of hydrogen-bond acceptors (Lipinski definition) is 3. The molecule has 0 bridgehead atoms. The van der Waals surface area contributed by atoms with Gasteiger partial charge in [-0.25, -0.2) is 0 Å². The van der Waals surface area contributed by atoms with Crippen LogP contribution in [0.25, 0.3) is 22.9 Å². The molecule has 3 aromatic rings. The van der Waals surface area contributed by atoms with Gasteiger partial charge in [0.15, 0.2) is 0 Å². The molecule has 3 rings (SSSR count). The number of aromatic nitrogens is 2. The van der Waals surface area contributed by atoms with Crippen LogP contribution in [0.3, 0.4) is 0 Å². The number of rotatable bonds is 2. The van der Waals surface area contributed by atoms with E-state index in [1.54, 1.807) is 0 Å². The largest absolute Gasteiger partial charge is 0.416 e. The maximum Gasteiger partial charge on any atom is 0.249 e. The Hall–Kier alpha value is -1.94. The van der Waals surface area contributed by atoms with Crippen LogP contribution in [-0.4, -0.2) is 10.2 Å². The van der Waals surface area contributed by atoms with Crippen molar-refractivity contribution in [3.8, 4) is 22.9 Å². The fourth-order valence-electron chi connectivity index (χ4n) is 2.20. The Bertz CT molecular complexity index is 785. The fraction of sp³-hybridized carbons (Fsp3) is 0.222. The lowest BCUT2D eigenvalue weighted by atomic mass is 9.87. The molecular weight excluding hydrogens is 340 g/mol. The normalized spacial score (nSPS) is 11.6. The van der Waals surface area contributed by atoms with Crippen molar-refractivity contribution in [2.75, 3.05) is 0 Å². The zero-order valence-corrected chi connectivity index (χ0v) is 14.4. The molecule has 0 aliphatic rings. The van der Waals surface area contributed by atoms with Gasteiger partial charge in [0.2, 0.25) is 11.8 Å². The van der Waals surface area contributed by atoms with E-state index in [9.17, 15) is 0 Å². The van der Waals surface area contributed by atoms with Gasteiger partial charge in [0.1, 0.15) is 0 Å². The Morgan fingerprint density at radius 1 is 0.864 bits per heavy atom. The predicted octanol–water partition coefficient (Wildman–Crippen LogP) is 5.46. The predicted molar refractivity (Wildman–Crippen MR) is 91.6 cm³/mol. The average molecular weight is 357 g/mol. The second-order valence-corrected chi connectivity index (χ2v) is 7.07. The van der Waals surface area contributed by atoms with Gasteiger partial charge in [-0.15, -0.1) is 10.2 Å². The van der Waals surface area contributed by atoms with E-state index in [2.05, 4.69) is 59.0 Å². The van der Waals surface area contributed by atoms with Crippen molar-refractivity contribution in [2.45, 2.75) is 26.2 Å². The number of nitrogens with zero attached hydrogens (tertiary/aromatic N) is 2. The summed E-state index contributed by atoms with van der Waals surface area (Å²) in [4.78, 5) is 0. The summed E-state index contributed by atoms with van der Waals surface area (Å²) in [6.45, 7) is 6.58. The van der Waals surface area contributed by atoms with Crippen LogP contribution in [0, 0.1) is 0 Å². The highest BCUT2D eigenvalue weighted by Crippen LogP contribution is 2.30. The summed E-state index contributed by atoms with van der Waals surface area (Å²) in [5, 5.41) is 8.31. The lowest BCUT2D eigenvalue weighted by Gasteiger charge is -2.18. The molecule has 2 aromatic carbocycles. The molecule has 0 spiro atoms. The van der Waals surface area contributed by atoms with E-state index in [1.165, 1.54) is 5.56 Å². The summed E-state index contributed by atoms with van der Waals surface area (Å²) in [6, 6.07) is 16.1. The molecule has 0 amide bonds. The minimum atomic E-state index is 0.132. The molecule has 112 valence electrons. The molecule has 4 heteroatoms. The molecule has 0 saturated carbocycles. The number of benzene rings is 2. The lowest BCUT2D eigenvalue weighted by Crippen LogP contribution is -2.10. The summed E-state index contributed by atoms with van der Waals surface area (Å²) >= 11 is 3.50. The van der Waals surface area contributed by atoms with E-state index in [0.29, 0.717) is 11.8 Å². The van der Waals surface area contributed by atoms with Gasteiger partial charge in [0.05, 0.1) is 5.56 Å². The fourth-order valence-corrected chi connectivity index (χ4v) is 2.65. The van der Waals surface area contributed by atoms with Crippen LogP contribution < -0.4 is 0 Å². The average Bonchev–Trinajstić information content (AvgIpc) is 2.96. The monoisotopic (exact) mass is 356 g/mol. The first kappa shape index (κ1) is 15.0. The SMILES string of the molecule is CC(C)(C)c1ccc(-c2nnc(-c3ccccc3Br)o2)cc1. The number of hydrogen-bond donors (Lipinski definition) is 0. The molecular formula is C18H17BrN2O. The van der Waals surface area contributed by atoms with Crippen LogP contribution in [0.4, 0.5) is 0 Å². The van der Waals surface area contributed by atoms with Crippen LogP contribution in [0.5, 0.6) is 0 Å². The maximum atomic E-state index is 5.81. The van der Waals surface area contributed by atoms with E-state index >= 15 is 0 Å². The van der Waals surface area contributed by atoms with E-state index in [4.69, 9.17) is 4.42 Å². The quantitative estimate of drug-likeness (QED) is 0.611. The second-order valence-electron chi connectivity index (χ2n) is 6.22. The van der Waals surface area contributed by atoms with Crippen molar-refractivity contribution in [3.63, 3.8) is 0 Å². The molecule has 0 radical (unpaired) electrons. The minimum absolute atomic E-state index is 0.132. The van der Waals surface area contributed by atoms with Crippen molar-refractivity contribution in [3.05, 3.63) is 58.6 Å². The van der Waals surface area contributed by atoms with Crippen LogP contribution >= 0.6 is 15.9 Å². The van der Waals surface area contributed by atoms with Gasteiger partial charge in [-0.1, -0.05) is 45.0 Å². The second kappa shape index (κ2) is 5.69. The van der Waals surface area contributed by atoms with Gasteiger partial charge in [-0.3, -0.25) is 0 Å². The van der Waals surface area contributed by atoms with Crippen LogP contribution in [0.1, 0.15) is 26.3 Å². The van der Waals surface area contributed by atoms with Gasteiger partial charge in [-0.05, 0) is 51.2 Å². The first-order valence-corrected chi connectivity index (χ1v) is 7.94. The highest BCUT2D eigenvalue weighted by atomic mass is 79.9. The van der Waals surface area contributed by atoms with Gasteiger partial charge in [0.25, 0.3) is 0 Å². The summed E-state index contributed by atoms with van der Waals surface area (Å²) in [7, 11) is 0. The van der Waals surface area contributed by atoms with E-state index in [1.807, 2.05) is 36.4 Å². The van der Waals surface area contributed by atoms with Crippen molar-refractivity contribution >= 4 is 15.9 Å². The Morgan fingerprint density at radius 2 is 1.50 bits per heavy atom. The molecule has 0 fully saturated rings. The Balaban J connectivity index is 1.93. The first-order chi connectivity index (χ1) is 10.4. The zero-order valence-electron chi connectivity index (χ0n) is 12.8. The maximum absolute atomic E-state index is 5.81. The van der Waals surface area contributed by atoms with E-state index < -0.39 is 0 Å². The summed E-state index contributed by atoms with van der Waals surface area (Å²) in [6.07, 6.45) is 0. The van der Waals surface area contributed by atoms with Crippen LogP contribution in [-0.2, 0) is 5.41 Å². The minimum Gasteiger partial charge on any atom is -0.416 e. The molecule has 0 N–H and O–H groups in total. The summed E-state index contributed by atoms with van der Waals surface area (Å²) < 4.78 is 6.75. The molecule has 0 unspecified atom stereocenters. The van der Waals surface area contributed by atoms with Crippen LogP contribution in [0.15, 0.2) is 57.4 Å². The number of halogens is 1. The Labute approximate surface area is 138 Å². The van der Waals surface area contributed by atoms with Crippen molar-refractivity contribution < 1.29 is 4.42 Å². The van der Waals surface area contributed by atoms with Gasteiger partial charge in [-0.2, -0.15) is 0 Å². The molecule has 22 heavy (non-hydrogen) atoms. The van der Waals surface area contributed by atoms with E-state index in [0.717, 1.165) is 15.6 Å². The molecule has 1 heterocycles. The van der Waals surface area contributed by atoms with E-state index in [-0.39, 0.29) is 5.41 Å². The molecule has 0 saturated heterocycles. The summed E-state index contributed by atoms with van der Waals surface area (Å²) in [5.74, 6) is 1.05. The molecule has 0 aliphatic carbocycles. The third kappa shape index (κ3) is 2.97. The van der Waals surface area contributed by atoms with Crippen molar-refractivity contribution in [1.82, 2.24) is 10.2 Å². The van der Waals surface area contributed by atoms with Gasteiger partial charge in [0, 0.05) is 10.0 Å². The Kier molecular flexibility index (Phi) is 3.87. The molecule has 0 atom stereocenters. The van der Waals surface area contributed by atoms with Crippen molar-refractivity contribution in [2.24, 2.45) is 0 Å². The highest BCUT2D eigenvalue weighted by molar-refractivity contribution is 9.10. The highest BCUT2D eigenvalue weighted by Gasteiger charge is 2.15. The van der Waals surface area contributed by atoms with Crippen LogP contribution in [0.2, 0.25) is 0 Å². The molecule has 1 aromatic heterocycles. The van der Waals surface area contributed by atoms with Gasteiger partial charge < -0.3 is 4.42 Å². The molecule has 0 aliphatic heterocycles. The zero-order chi connectivity index (χ0) is 15.7. The third-order valence-electron chi connectivity index (χ3n) is 3.53. The first-order valence-electron chi connectivity index (χ1n) is 7.14. The Morgan fingerprint density at radius 3 is 2.14 bits per heavy atom. The smallest absolute Gasteiger partial charge is 0.249 e. The van der Waals surface area contributed by atoms with Crippen molar-refractivity contribution in [1.29, 1.82) is 0 Å².